The fourth-order valence-corrected chi connectivity index (χ4v) is 4.51. The summed E-state index contributed by atoms with van der Waals surface area (Å²) in [5, 5.41) is 10.5. The second kappa shape index (κ2) is 11.2. The van der Waals surface area contributed by atoms with E-state index in [1.807, 2.05) is 54.6 Å². The summed E-state index contributed by atoms with van der Waals surface area (Å²) in [4.78, 5) is 39.1. The van der Waals surface area contributed by atoms with E-state index in [0.717, 1.165) is 16.7 Å². The van der Waals surface area contributed by atoms with Crippen molar-refractivity contribution in [2.75, 3.05) is 6.61 Å². The number of ether oxygens (including phenoxy) is 2. The molecule has 0 aliphatic carbocycles. The predicted molar refractivity (Wildman–Crippen MR) is 129 cm³/mol. The lowest BCUT2D eigenvalue weighted by Crippen LogP contribution is -2.54. The molecule has 1 aliphatic rings. The van der Waals surface area contributed by atoms with Crippen LogP contribution < -0.4 is 5.73 Å². The van der Waals surface area contributed by atoms with Gasteiger partial charge in [0.15, 0.2) is 6.23 Å². The Morgan fingerprint density at radius 3 is 2.44 bits per heavy atom. The van der Waals surface area contributed by atoms with Crippen molar-refractivity contribution < 1.29 is 29.0 Å². The highest BCUT2D eigenvalue weighted by Gasteiger charge is 2.43. The van der Waals surface area contributed by atoms with Crippen LogP contribution in [0.25, 0.3) is 0 Å². The zero-order valence-electron chi connectivity index (χ0n) is 18.9. The fraction of sp³-hybridized carbons (Fsp3) is 0.360. The number of rotatable bonds is 9. The molecular weight excluding hydrogens is 456 g/mol. The zero-order chi connectivity index (χ0) is 24.7. The van der Waals surface area contributed by atoms with E-state index in [4.69, 9.17) is 27.4 Å². The Labute approximate surface area is 203 Å². The number of hydrogen-bond donors (Lipinski definition) is 2. The Hall–Kier alpha value is -3.30. The van der Waals surface area contributed by atoms with Crippen LogP contribution >= 0.6 is 12.2 Å². The topological polar surface area (TPSA) is 119 Å². The number of fused-ring (bicyclic) bond motifs is 1. The molecule has 1 aliphatic heterocycles. The average molecular weight is 485 g/mol. The summed E-state index contributed by atoms with van der Waals surface area (Å²) < 4.78 is 10.3. The van der Waals surface area contributed by atoms with E-state index in [2.05, 4.69) is 0 Å². The number of carbonyl (C=O) groups excluding carboxylic acids is 2. The highest BCUT2D eigenvalue weighted by molar-refractivity contribution is 7.79. The van der Waals surface area contributed by atoms with Crippen LogP contribution in [-0.2, 0) is 38.4 Å². The molecule has 3 atom stereocenters. The lowest BCUT2D eigenvalue weighted by Gasteiger charge is -2.38. The van der Waals surface area contributed by atoms with Gasteiger partial charge < -0.3 is 25.2 Å². The number of carboxylic acid groups (broad SMARTS) is 1. The molecule has 0 bridgehead atoms. The number of carbonyl (C=O) groups is 3. The molecular formula is C25H28N2O6S. The molecule has 0 aromatic heterocycles. The van der Waals surface area contributed by atoms with E-state index in [1.54, 1.807) is 6.92 Å². The number of esters is 1. The molecule has 9 heteroatoms. The third-order valence-corrected chi connectivity index (χ3v) is 6.34. The maximum Gasteiger partial charge on any atom is 0.507 e. The Morgan fingerprint density at radius 2 is 1.82 bits per heavy atom. The number of amides is 1. The summed E-state index contributed by atoms with van der Waals surface area (Å²) in [6.45, 7) is 1.99. The van der Waals surface area contributed by atoms with Gasteiger partial charge in [0, 0.05) is 13.0 Å². The van der Waals surface area contributed by atoms with Gasteiger partial charge in [-0.2, -0.15) is 0 Å². The molecule has 0 spiro atoms. The Kier molecular flexibility index (Phi) is 8.36. The van der Waals surface area contributed by atoms with Crippen LogP contribution in [0.4, 0.5) is 4.79 Å². The van der Waals surface area contributed by atoms with Crippen molar-refractivity contribution in [1.29, 1.82) is 0 Å². The highest BCUT2D eigenvalue weighted by Crippen LogP contribution is 2.31. The van der Waals surface area contributed by atoms with E-state index >= 15 is 0 Å². The Bertz CT molecular complexity index is 1050. The second-order valence-corrected chi connectivity index (χ2v) is 8.48. The molecule has 0 saturated carbocycles. The lowest BCUT2D eigenvalue weighted by molar-refractivity contribution is -0.153. The molecule has 3 rings (SSSR count). The van der Waals surface area contributed by atoms with Crippen LogP contribution in [0.5, 0.6) is 0 Å². The zero-order valence-corrected chi connectivity index (χ0v) is 19.7. The smallest absolute Gasteiger partial charge is 0.465 e. The van der Waals surface area contributed by atoms with Crippen LogP contribution in [0.2, 0.25) is 0 Å². The normalized spacial score (nSPS) is 17.6. The van der Waals surface area contributed by atoms with Crippen molar-refractivity contribution >= 4 is 35.6 Å². The largest absolute Gasteiger partial charge is 0.507 e. The first-order valence-electron chi connectivity index (χ1n) is 11.0. The van der Waals surface area contributed by atoms with Crippen molar-refractivity contribution in [3.63, 3.8) is 0 Å². The van der Waals surface area contributed by atoms with Crippen molar-refractivity contribution in [3.8, 4) is 0 Å². The molecule has 1 amide bonds. The highest BCUT2D eigenvalue weighted by atomic mass is 32.1. The van der Waals surface area contributed by atoms with Crippen LogP contribution in [0.3, 0.4) is 0 Å². The minimum Gasteiger partial charge on any atom is -0.465 e. The van der Waals surface area contributed by atoms with Gasteiger partial charge in [-0.3, -0.25) is 9.59 Å². The van der Waals surface area contributed by atoms with E-state index in [1.165, 1.54) is 10.3 Å². The second-order valence-electron chi connectivity index (χ2n) is 8.24. The van der Waals surface area contributed by atoms with Crippen molar-refractivity contribution in [2.45, 2.75) is 45.0 Å². The molecule has 2 aromatic carbocycles. The number of hydrogen-bond acceptors (Lipinski definition) is 7. The van der Waals surface area contributed by atoms with Gasteiger partial charge in [-0.25, -0.2) is 4.79 Å². The number of nitrogens with zero attached hydrogens (tertiary/aromatic N) is 1. The molecule has 0 radical (unpaired) electrons. The minimum absolute atomic E-state index is 0.0962. The number of thiocarbonyl (C=S) groups is 1. The molecule has 0 saturated heterocycles. The van der Waals surface area contributed by atoms with Crippen molar-refractivity contribution in [3.05, 3.63) is 71.3 Å². The van der Waals surface area contributed by atoms with Gasteiger partial charge in [-0.15, -0.1) is 0 Å². The summed E-state index contributed by atoms with van der Waals surface area (Å²) in [6.07, 6.45) is -2.18. The van der Waals surface area contributed by atoms with Crippen molar-refractivity contribution in [1.82, 2.24) is 4.90 Å². The first-order chi connectivity index (χ1) is 16.3. The van der Waals surface area contributed by atoms with Crippen LogP contribution in [0.15, 0.2) is 54.6 Å². The van der Waals surface area contributed by atoms with Gasteiger partial charge in [0.2, 0.25) is 5.91 Å². The van der Waals surface area contributed by atoms with Crippen LogP contribution in [0, 0.1) is 5.41 Å². The summed E-state index contributed by atoms with van der Waals surface area (Å²) in [5.74, 6) is -1.08. The van der Waals surface area contributed by atoms with Crippen molar-refractivity contribution in [2.24, 2.45) is 11.1 Å². The molecule has 1 heterocycles. The van der Waals surface area contributed by atoms with Crippen LogP contribution in [-0.4, -0.2) is 52.3 Å². The average Bonchev–Trinajstić information content (AvgIpc) is 2.83. The molecule has 0 fully saturated rings. The van der Waals surface area contributed by atoms with Gasteiger partial charge >= 0.3 is 12.1 Å². The van der Waals surface area contributed by atoms with Gasteiger partial charge in [-0.05, 0) is 41.8 Å². The Morgan fingerprint density at radius 1 is 1.18 bits per heavy atom. The van der Waals surface area contributed by atoms with Gasteiger partial charge in [0.1, 0.15) is 5.41 Å². The SMILES string of the molecule is CCOC(=O)C(C=S)(Cc1ccccc1)C[C@H](N)C(=O)N1Cc2ccccc2CC1OC(=O)O. The molecule has 34 heavy (non-hydrogen) atoms. The van der Waals surface area contributed by atoms with Gasteiger partial charge in [0.05, 0.1) is 12.6 Å². The number of nitrogens with two attached hydrogens (primary N) is 1. The number of benzene rings is 2. The summed E-state index contributed by atoms with van der Waals surface area (Å²) in [6, 6.07) is 15.6. The molecule has 3 N–H and O–H groups in total. The third-order valence-electron chi connectivity index (χ3n) is 5.89. The summed E-state index contributed by atoms with van der Waals surface area (Å²) in [7, 11) is 0. The van der Waals surface area contributed by atoms with E-state index in [0.29, 0.717) is 0 Å². The predicted octanol–water partition coefficient (Wildman–Crippen LogP) is 3.10. The monoisotopic (exact) mass is 484 g/mol. The van der Waals surface area contributed by atoms with E-state index < -0.39 is 35.7 Å². The maximum atomic E-state index is 13.5. The lowest BCUT2D eigenvalue weighted by atomic mass is 9.77. The minimum atomic E-state index is -1.49. The molecule has 2 aromatic rings. The molecule has 2 unspecified atom stereocenters. The molecule has 180 valence electrons. The van der Waals surface area contributed by atoms with Crippen LogP contribution in [0.1, 0.15) is 30.0 Å². The first-order valence-corrected chi connectivity index (χ1v) is 11.5. The quantitative estimate of drug-likeness (QED) is 0.412. The molecule has 8 nitrogen and oxygen atoms in total. The first kappa shape index (κ1) is 25.3. The third kappa shape index (κ3) is 5.78. The van der Waals surface area contributed by atoms with Gasteiger partial charge in [0.25, 0.3) is 0 Å². The standard InChI is InChI=1S/C25H28N2O6S/c1-2-32-23(29)25(16-34,13-17-8-4-3-5-9-17)14-20(26)22(28)27-15-19-11-7-6-10-18(19)12-21(27)33-24(30)31/h3-11,16,20-21H,2,12-15,26H2,1H3,(H,30,31)/t20-,21?,25?/m0/s1. The maximum absolute atomic E-state index is 13.5. The summed E-state index contributed by atoms with van der Waals surface area (Å²) in [5.41, 5.74) is 7.66. The summed E-state index contributed by atoms with van der Waals surface area (Å²) >= 11 is 5.26. The fourth-order valence-electron chi connectivity index (χ4n) is 4.23. The van der Waals surface area contributed by atoms with E-state index in [9.17, 15) is 19.5 Å². The van der Waals surface area contributed by atoms with Gasteiger partial charge in [-0.1, -0.05) is 66.8 Å². The van der Waals surface area contributed by atoms with E-state index in [-0.39, 0.29) is 32.4 Å². The Balaban J connectivity index is 1.87.